The molecule has 2 aromatic rings. The number of para-hydroxylation sites is 1. The van der Waals surface area contributed by atoms with E-state index < -0.39 is 11.9 Å². The van der Waals surface area contributed by atoms with Crippen LogP contribution in [0, 0.1) is 0 Å². The minimum Gasteiger partial charge on any atom is -0.480 e. The Labute approximate surface area is 103 Å². The molecule has 0 aliphatic rings. The number of nitrogens with zero attached hydrogens (tertiary/aromatic N) is 3. The molecule has 0 saturated heterocycles. The quantitative estimate of drug-likeness (QED) is 0.827. The number of benzene rings is 1. The smallest absolute Gasteiger partial charge is 0.325 e. The minimum atomic E-state index is -1.01. The number of aliphatic carboxylic acids is 1. The molecule has 0 unspecified atom stereocenters. The lowest BCUT2D eigenvalue weighted by Crippen LogP contribution is -2.10. The van der Waals surface area contributed by atoms with E-state index in [0.717, 1.165) is 0 Å². The van der Waals surface area contributed by atoms with Crippen molar-refractivity contribution >= 4 is 29.0 Å². The summed E-state index contributed by atoms with van der Waals surface area (Å²) >= 11 is 0. The number of carbonyl (C=O) groups excluding carboxylic acids is 1. The van der Waals surface area contributed by atoms with Crippen LogP contribution in [0.2, 0.25) is 0 Å². The molecule has 1 aromatic carbocycles. The SMILES string of the molecule is CC=NC(=O)c1nn(CC(=O)O)c2ccccc12. The van der Waals surface area contributed by atoms with Gasteiger partial charge in [0, 0.05) is 11.6 Å². The summed E-state index contributed by atoms with van der Waals surface area (Å²) < 4.78 is 1.29. The Morgan fingerprint density at radius 2 is 2.17 bits per heavy atom. The Morgan fingerprint density at radius 1 is 1.44 bits per heavy atom. The van der Waals surface area contributed by atoms with Crippen molar-refractivity contribution < 1.29 is 14.7 Å². The van der Waals surface area contributed by atoms with Gasteiger partial charge in [0.25, 0.3) is 5.91 Å². The molecule has 92 valence electrons. The van der Waals surface area contributed by atoms with Crippen LogP contribution in [0.15, 0.2) is 29.3 Å². The molecule has 6 heteroatoms. The summed E-state index contributed by atoms with van der Waals surface area (Å²) in [5.74, 6) is -1.49. The fraction of sp³-hybridized carbons (Fsp3) is 0.167. The molecular formula is C12H11N3O3. The summed E-state index contributed by atoms with van der Waals surface area (Å²) in [5.41, 5.74) is 0.777. The number of hydrogen-bond acceptors (Lipinski definition) is 3. The highest BCUT2D eigenvalue weighted by molar-refractivity contribution is 6.07. The monoisotopic (exact) mass is 245 g/mol. The van der Waals surface area contributed by atoms with Crippen LogP contribution in [0.4, 0.5) is 0 Å². The summed E-state index contributed by atoms with van der Waals surface area (Å²) in [6.45, 7) is 1.35. The van der Waals surface area contributed by atoms with Gasteiger partial charge in [-0.2, -0.15) is 5.10 Å². The fourth-order valence-corrected chi connectivity index (χ4v) is 1.71. The molecule has 0 radical (unpaired) electrons. The van der Waals surface area contributed by atoms with Crippen LogP contribution in [0.25, 0.3) is 10.9 Å². The van der Waals surface area contributed by atoms with E-state index in [1.807, 2.05) is 0 Å². The maximum Gasteiger partial charge on any atom is 0.325 e. The molecular weight excluding hydrogens is 234 g/mol. The highest BCUT2D eigenvalue weighted by atomic mass is 16.4. The van der Waals surface area contributed by atoms with Crippen molar-refractivity contribution in [1.29, 1.82) is 0 Å². The predicted octanol–water partition coefficient (Wildman–Crippen LogP) is 1.35. The van der Waals surface area contributed by atoms with Crippen LogP contribution in [0.5, 0.6) is 0 Å². The van der Waals surface area contributed by atoms with Crippen LogP contribution < -0.4 is 0 Å². The Balaban J connectivity index is 2.60. The number of hydrogen-bond donors (Lipinski definition) is 1. The van der Waals surface area contributed by atoms with E-state index in [1.54, 1.807) is 31.2 Å². The molecule has 0 saturated carbocycles. The van der Waals surface area contributed by atoms with E-state index in [9.17, 15) is 9.59 Å². The van der Waals surface area contributed by atoms with Gasteiger partial charge in [-0.15, -0.1) is 0 Å². The van der Waals surface area contributed by atoms with Gasteiger partial charge in [-0.1, -0.05) is 18.2 Å². The van der Waals surface area contributed by atoms with Crippen LogP contribution in [-0.2, 0) is 11.3 Å². The standard InChI is InChI=1S/C12H11N3O3/c1-2-13-12(18)11-8-5-3-4-6-9(8)15(14-11)7-10(16)17/h2-6H,7H2,1H3,(H,16,17). The molecule has 1 aromatic heterocycles. The Kier molecular flexibility index (Phi) is 3.18. The van der Waals surface area contributed by atoms with Crippen molar-refractivity contribution in [3.05, 3.63) is 30.0 Å². The third-order valence-electron chi connectivity index (χ3n) is 2.39. The second kappa shape index (κ2) is 4.79. The fourth-order valence-electron chi connectivity index (χ4n) is 1.71. The van der Waals surface area contributed by atoms with Gasteiger partial charge in [0.2, 0.25) is 0 Å². The second-order valence-electron chi connectivity index (χ2n) is 3.61. The third-order valence-corrected chi connectivity index (χ3v) is 2.39. The van der Waals surface area contributed by atoms with Gasteiger partial charge in [-0.25, -0.2) is 4.99 Å². The van der Waals surface area contributed by atoms with Crippen molar-refractivity contribution in [2.45, 2.75) is 13.5 Å². The number of fused-ring (bicyclic) bond motifs is 1. The topological polar surface area (TPSA) is 84.5 Å². The lowest BCUT2D eigenvalue weighted by molar-refractivity contribution is -0.137. The van der Waals surface area contributed by atoms with Gasteiger partial charge < -0.3 is 5.11 Å². The van der Waals surface area contributed by atoms with Gasteiger partial charge in [-0.3, -0.25) is 14.3 Å². The van der Waals surface area contributed by atoms with Crippen LogP contribution in [0.1, 0.15) is 17.4 Å². The van der Waals surface area contributed by atoms with Crippen molar-refractivity contribution in [1.82, 2.24) is 9.78 Å². The lowest BCUT2D eigenvalue weighted by Gasteiger charge is -1.97. The van der Waals surface area contributed by atoms with E-state index in [1.165, 1.54) is 10.9 Å². The number of aliphatic imine (C=N–C) groups is 1. The van der Waals surface area contributed by atoms with Crippen molar-refractivity contribution in [3.8, 4) is 0 Å². The van der Waals surface area contributed by atoms with E-state index >= 15 is 0 Å². The summed E-state index contributed by atoms with van der Waals surface area (Å²) in [7, 11) is 0. The zero-order valence-corrected chi connectivity index (χ0v) is 9.70. The summed E-state index contributed by atoms with van der Waals surface area (Å²) in [4.78, 5) is 26.1. The lowest BCUT2D eigenvalue weighted by atomic mass is 10.2. The van der Waals surface area contributed by atoms with Gasteiger partial charge in [0.05, 0.1) is 5.52 Å². The average Bonchev–Trinajstić information content (AvgIpc) is 2.68. The predicted molar refractivity (Wildman–Crippen MR) is 65.9 cm³/mol. The molecule has 1 heterocycles. The molecule has 0 bridgehead atoms. The van der Waals surface area contributed by atoms with Gasteiger partial charge >= 0.3 is 5.97 Å². The maximum absolute atomic E-state index is 11.7. The van der Waals surface area contributed by atoms with Crippen molar-refractivity contribution in [2.75, 3.05) is 0 Å². The normalized spacial score (nSPS) is 11.2. The Hall–Kier alpha value is -2.50. The van der Waals surface area contributed by atoms with Crippen molar-refractivity contribution in [3.63, 3.8) is 0 Å². The molecule has 18 heavy (non-hydrogen) atoms. The largest absolute Gasteiger partial charge is 0.480 e. The minimum absolute atomic E-state index is 0.171. The summed E-state index contributed by atoms with van der Waals surface area (Å²) in [6.07, 6.45) is 1.38. The number of carboxylic acids is 1. The Morgan fingerprint density at radius 3 is 2.83 bits per heavy atom. The zero-order valence-electron chi connectivity index (χ0n) is 9.70. The average molecular weight is 245 g/mol. The first-order valence-electron chi connectivity index (χ1n) is 5.34. The second-order valence-corrected chi connectivity index (χ2v) is 3.61. The number of carboxylic acid groups (broad SMARTS) is 1. The van der Waals surface area contributed by atoms with E-state index in [-0.39, 0.29) is 12.2 Å². The molecule has 0 fully saturated rings. The van der Waals surface area contributed by atoms with Crippen LogP contribution in [-0.4, -0.2) is 33.0 Å². The van der Waals surface area contributed by atoms with Gasteiger partial charge in [-0.05, 0) is 13.0 Å². The number of rotatable bonds is 3. The molecule has 1 N–H and O–H groups in total. The number of aromatic nitrogens is 2. The van der Waals surface area contributed by atoms with Crippen molar-refractivity contribution in [2.24, 2.45) is 4.99 Å². The van der Waals surface area contributed by atoms with E-state index in [2.05, 4.69) is 10.1 Å². The first kappa shape index (κ1) is 12.0. The number of carbonyl (C=O) groups is 2. The van der Waals surface area contributed by atoms with E-state index in [4.69, 9.17) is 5.11 Å². The third kappa shape index (κ3) is 2.13. The first-order valence-corrected chi connectivity index (χ1v) is 5.34. The highest BCUT2D eigenvalue weighted by Gasteiger charge is 2.16. The maximum atomic E-state index is 11.7. The molecule has 0 aliphatic carbocycles. The van der Waals surface area contributed by atoms with Gasteiger partial charge in [0.15, 0.2) is 5.69 Å². The first-order chi connectivity index (χ1) is 8.63. The van der Waals surface area contributed by atoms with E-state index in [0.29, 0.717) is 10.9 Å². The summed E-state index contributed by atoms with van der Waals surface area (Å²) in [5, 5.41) is 13.4. The molecule has 0 aliphatic heterocycles. The summed E-state index contributed by atoms with van der Waals surface area (Å²) in [6, 6.07) is 6.97. The van der Waals surface area contributed by atoms with Gasteiger partial charge in [0.1, 0.15) is 6.54 Å². The van der Waals surface area contributed by atoms with Crippen LogP contribution >= 0.6 is 0 Å². The van der Waals surface area contributed by atoms with Crippen LogP contribution in [0.3, 0.4) is 0 Å². The highest BCUT2D eigenvalue weighted by Crippen LogP contribution is 2.19. The Bertz CT molecular complexity index is 643. The zero-order chi connectivity index (χ0) is 13.1. The molecule has 6 nitrogen and oxygen atoms in total. The number of amides is 1. The molecule has 1 amide bonds. The molecule has 0 spiro atoms. The molecule has 0 atom stereocenters. The molecule has 2 rings (SSSR count).